The lowest BCUT2D eigenvalue weighted by molar-refractivity contribution is -0.128. The van der Waals surface area contributed by atoms with E-state index in [2.05, 4.69) is 15.3 Å². The molecule has 108 valence electrons. The predicted octanol–water partition coefficient (Wildman–Crippen LogP) is 2.74. The summed E-state index contributed by atoms with van der Waals surface area (Å²) in [6.45, 7) is 8.32. The van der Waals surface area contributed by atoms with Crippen LogP contribution in [0.15, 0.2) is 0 Å². The van der Waals surface area contributed by atoms with E-state index in [1.807, 2.05) is 13.8 Å². The molecule has 3 nitrogen and oxygen atoms in total. The molecule has 0 aliphatic carbocycles. The molecule has 0 radical (unpaired) electrons. The van der Waals surface area contributed by atoms with Gasteiger partial charge in [0.25, 0.3) is 0 Å². The van der Waals surface area contributed by atoms with Gasteiger partial charge in [0.05, 0.1) is 0 Å². The van der Waals surface area contributed by atoms with Crippen LogP contribution in [0.3, 0.4) is 0 Å². The van der Waals surface area contributed by atoms with Crippen LogP contribution >= 0.6 is 0 Å². The molecule has 1 N–H and O–H groups in total. The Hall–Kier alpha value is -1.17. The summed E-state index contributed by atoms with van der Waals surface area (Å²) in [5.41, 5.74) is 2.20. The van der Waals surface area contributed by atoms with Gasteiger partial charge in [-0.25, -0.2) is 9.97 Å². The number of aromatic nitrogens is 2. The highest BCUT2D eigenvalue weighted by molar-refractivity contribution is 5.24. The van der Waals surface area contributed by atoms with Gasteiger partial charge in [-0.2, -0.15) is 13.2 Å². The van der Waals surface area contributed by atoms with Gasteiger partial charge < -0.3 is 5.32 Å². The second-order valence-corrected chi connectivity index (χ2v) is 4.94. The van der Waals surface area contributed by atoms with Crippen LogP contribution in [0.2, 0.25) is 0 Å². The van der Waals surface area contributed by atoms with Crippen molar-refractivity contribution in [1.29, 1.82) is 0 Å². The number of halogens is 3. The van der Waals surface area contributed by atoms with Gasteiger partial charge in [-0.05, 0) is 32.4 Å². The van der Waals surface area contributed by atoms with Crippen molar-refractivity contribution in [2.24, 2.45) is 0 Å². The smallest absolute Gasteiger partial charge is 0.314 e. The molecule has 0 aliphatic rings. The number of nitrogens with one attached hydrogen (secondary N) is 1. The molecule has 0 fully saturated rings. The summed E-state index contributed by atoms with van der Waals surface area (Å²) < 4.78 is 36.9. The Bertz CT molecular complexity index is 405. The average molecular weight is 275 g/mol. The minimum atomic E-state index is -4.26. The standard InChI is InChI=1S/C13H20F3N3/c1-8(2)17-6-5-11-9(3)18-12(19-10(11)4)7-13(14,15)16/h8,17H,5-7H2,1-4H3. The summed E-state index contributed by atoms with van der Waals surface area (Å²) in [6, 6.07) is 0.381. The third kappa shape index (κ3) is 5.55. The number of aryl methyl sites for hydroxylation is 2. The van der Waals surface area contributed by atoms with E-state index in [4.69, 9.17) is 0 Å². The van der Waals surface area contributed by atoms with Gasteiger partial charge in [0.15, 0.2) is 0 Å². The first-order valence-electron chi connectivity index (χ1n) is 6.32. The van der Waals surface area contributed by atoms with Gasteiger partial charge in [0.1, 0.15) is 12.2 Å². The molecule has 0 saturated heterocycles. The maximum atomic E-state index is 12.3. The van der Waals surface area contributed by atoms with E-state index in [0.717, 1.165) is 18.5 Å². The van der Waals surface area contributed by atoms with E-state index in [1.54, 1.807) is 13.8 Å². The third-order valence-corrected chi connectivity index (χ3v) is 2.75. The predicted molar refractivity (Wildman–Crippen MR) is 68.1 cm³/mol. The number of rotatable bonds is 5. The lowest BCUT2D eigenvalue weighted by Gasteiger charge is -2.13. The summed E-state index contributed by atoms with van der Waals surface area (Å²) in [5.74, 6) is -0.150. The molecule has 19 heavy (non-hydrogen) atoms. The largest absolute Gasteiger partial charge is 0.396 e. The minimum absolute atomic E-state index is 0.150. The van der Waals surface area contributed by atoms with Gasteiger partial charge >= 0.3 is 6.18 Å². The Labute approximate surface area is 111 Å². The van der Waals surface area contributed by atoms with Crippen molar-refractivity contribution in [3.8, 4) is 0 Å². The van der Waals surface area contributed by atoms with Crippen LogP contribution in [0.5, 0.6) is 0 Å². The molecule has 0 unspecified atom stereocenters. The summed E-state index contributed by atoms with van der Waals surface area (Å²) >= 11 is 0. The zero-order valence-electron chi connectivity index (χ0n) is 11.7. The molecule has 1 heterocycles. The Balaban J connectivity index is 2.80. The number of nitrogens with zero attached hydrogens (tertiary/aromatic N) is 2. The van der Waals surface area contributed by atoms with Crippen LogP contribution < -0.4 is 5.32 Å². The normalized spacial score (nSPS) is 12.2. The second-order valence-electron chi connectivity index (χ2n) is 4.94. The van der Waals surface area contributed by atoms with Crippen molar-refractivity contribution < 1.29 is 13.2 Å². The molecule has 0 spiro atoms. The maximum absolute atomic E-state index is 12.3. The Morgan fingerprint density at radius 1 is 1.11 bits per heavy atom. The summed E-state index contributed by atoms with van der Waals surface area (Å²) in [6.07, 6.45) is -4.61. The van der Waals surface area contributed by atoms with Crippen molar-refractivity contribution in [2.75, 3.05) is 6.54 Å². The van der Waals surface area contributed by atoms with Crippen LogP contribution in [-0.2, 0) is 12.8 Å². The molecular weight excluding hydrogens is 255 g/mol. The second kappa shape index (κ2) is 6.32. The van der Waals surface area contributed by atoms with Crippen LogP contribution in [0.4, 0.5) is 13.2 Å². The first-order valence-corrected chi connectivity index (χ1v) is 6.32. The maximum Gasteiger partial charge on any atom is 0.396 e. The Morgan fingerprint density at radius 2 is 1.63 bits per heavy atom. The molecule has 1 aromatic heterocycles. The molecule has 0 aromatic carbocycles. The lowest BCUT2D eigenvalue weighted by atomic mass is 10.1. The zero-order valence-corrected chi connectivity index (χ0v) is 11.7. The molecule has 0 bridgehead atoms. The monoisotopic (exact) mass is 275 g/mol. The summed E-state index contributed by atoms with van der Waals surface area (Å²) in [7, 11) is 0. The highest BCUT2D eigenvalue weighted by atomic mass is 19.4. The number of hydrogen-bond donors (Lipinski definition) is 1. The van der Waals surface area contributed by atoms with Gasteiger partial charge in [-0.15, -0.1) is 0 Å². The van der Waals surface area contributed by atoms with Crippen LogP contribution in [0.25, 0.3) is 0 Å². The fourth-order valence-electron chi connectivity index (χ4n) is 1.91. The van der Waals surface area contributed by atoms with Crippen molar-refractivity contribution in [3.63, 3.8) is 0 Å². The van der Waals surface area contributed by atoms with Crippen molar-refractivity contribution in [1.82, 2.24) is 15.3 Å². The van der Waals surface area contributed by atoms with E-state index in [1.165, 1.54) is 0 Å². The van der Waals surface area contributed by atoms with Gasteiger partial charge in [-0.3, -0.25) is 0 Å². The third-order valence-electron chi connectivity index (χ3n) is 2.75. The number of alkyl halides is 3. The van der Waals surface area contributed by atoms with Gasteiger partial charge in [-0.1, -0.05) is 13.8 Å². The van der Waals surface area contributed by atoms with Crippen molar-refractivity contribution in [2.45, 2.75) is 52.8 Å². The number of hydrogen-bond acceptors (Lipinski definition) is 3. The fourth-order valence-corrected chi connectivity index (χ4v) is 1.91. The minimum Gasteiger partial charge on any atom is -0.314 e. The lowest BCUT2D eigenvalue weighted by Crippen LogP contribution is -2.26. The summed E-state index contributed by atoms with van der Waals surface area (Å²) in [4.78, 5) is 7.92. The molecular formula is C13H20F3N3. The van der Waals surface area contributed by atoms with Crippen molar-refractivity contribution >= 4 is 0 Å². The van der Waals surface area contributed by atoms with E-state index in [0.29, 0.717) is 17.4 Å². The topological polar surface area (TPSA) is 37.8 Å². The Morgan fingerprint density at radius 3 is 2.05 bits per heavy atom. The molecule has 0 aliphatic heterocycles. The van der Waals surface area contributed by atoms with Crippen molar-refractivity contribution in [3.05, 3.63) is 22.8 Å². The molecule has 0 atom stereocenters. The van der Waals surface area contributed by atoms with Crippen LogP contribution in [-0.4, -0.2) is 28.7 Å². The van der Waals surface area contributed by atoms with E-state index < -0.39 is 12.6 Å². The molecule has 6 heteroatoms. The highest BCUT2D eigenvalue weighted by Gasteiger charge is 2.29. The van der Waals surface area contributed by atoms with E-state index in [-0.39, 0.29) is 5.82 Å². The van der Waals surface area contributed by atoms with E-state index in [9.17, 15) is 13.2 Å². The molecule has 0 saturated carbocycles. The van der Waals surface area contributed by atoms with Crippen LogP contribution in [0, 0.1) is 13.8 Å². The molecule has 0 amide bonds. The van der Waals surface area contributed by atoms with Crippen LogP contribution in [0.1, 0.15) is 36.6 Å². The average Bonchev–Trinajstić information content (AvgIpc) is 2.19. The quantitative estimate of drug-likeness (QED) is 0.898. The first kappa shape index (κ1) is 15.9. The molecule has 1 aromatic rings. The highest BCUT2D eigenvalue weighted by Crippen LogP contribution is 2.20. The zero-order chi connectivity index (χ0) is 14.6. The van der Waals surface area contributed by atoms with Gasteiger partial charge in [0, 0.05) is 17.4 Å². The summed E-state index contributed by atoms with van der Waals surface area (Å²) in [5, 5.41) is 3.27. The van der Waals surface area contributed by atoms with E-state index >= 15 is 0 Å². The Kier molecular flexibility index (Phi) is 5.29. The molecule has 1 rings (SSSR count). The SMILES string of the molecule is Cc1nc(CC(F)(F)F)nc(C)c1CCNC(C)C. The fraction of sp³-hybridized carbons (Fsp3) is 0.692. The van der Waals surface area contributed by atoms with Gasteiger partial charge in [0.2, 0.25) is 0 Å². The first-order chi connectivity index (χ1) is 8.69.